The molecule has 0 radical (unpaired) electrons. The minimum absolute atomic E-state index is 0.192. The highest BCUT2D eigenvalue weighted by Crippen LogP contribution is 2.23. The lowest BCUT2D eigenvalue weighted by Crippen LogP contribution is -2.39. The quantitative estimate of drug-likeness (QED) is 0.795. The number of hydrogen-bond acceptors (Lipinski definition) is 3. The largest absolute Gasteiger partial charge is 0.390 e. The Labute approximate surface area is 106 Å². The SMILES string of the molecule is CC1(O)CCCN(CCC(N)C(C)(C)C)CC1. The van der Waals surface area contributed by atoms with Crippen molar-refractivity contribution in [3.8, 4) is 0 Å². The number of rotatable bonds is 3. The van der Waals surface area contributed by atoms with Crippen LogP contribution in [-0.4, -0.2) is 41.3 Å². The second-order valence-electron chi connectivity index (χ2n) is 6.95. The molecule has 1 rings (SSSR count). The van der Waals surface area contributed by atoms with Crippen molar-refractivity contribution in [3.05, 3.63) is 0 Å². The summed E-state index contributed by atoms with van der Waals surface area (Å²) in [6, 6.07) is 0.256. The van der Waals surface area contributed by atoms with E-state index < -0.39 is 5.60 Å². The topological polar surface area (TPSA) is 49.5 Å². The Morgan fingerprint density at radius 2 is 1.94 bits per heavy atom. The number of aliphatic hydroxyl groups is 1. The highest BCUT2D eigenvalue weighted by Gasteiger charge is 2.26. The Morgan fingerprint density at radius 3 is 2.53 bits per heavy atom. The highest BCUT2D eigenvalue weighted by atomic mass is 16.3. The molecule has 0 aromatic heterocycles. The predicted octanol–water partition coefficient (Wildman–Crippen LogP) is 1.99. The molecule has 0 bridgehead atoms. The van der Waals surface area contributed by atoms with Gasteiger partial charge in [-0.05, 0) is 51.1 Å². The van der Waals surface area contributed by atoms with Gasteiger partial charge in [-0.25, -0.2) is 0 Å². The summed E-state index contributed by atoms with van der Waals surface area (Å²) in [4.78, 5) is 2.45. The van der Waals surface area contributed by atoms with Crippen LogP contribution >= 0.6 is 0 Å². The van der Waals surface area contributed by atoms with Gasteiger partial charge in [0.05, 0.1) is 5.60 Å². The molecule has 0 aromatic rings. The molecule has 0 aliphatic carbocycles. The monoisotopic (exact) mass is 242 g/mol. The molecule has 1 fully saturated rings. The van der Waals surface area contributed by atoms with E-state index in [0.29, 0.717) is 0 Å². The lowest BCUT2D eigenvalue weighted by atomic mass is 9.85. The van der Waals surface area contributed by atoms with Gasteiger partial charge < -0.3 is 15.7 Å². The standard InChI is InChI=1S/C14H30N2O/c1-13(2,3)12(15)6-10-16-9-5-7-14(4,17)8-11-16/h12,17H,5-11,15H2,1-4H3. The molecule has 1 aliphatic rings. The van der Waals surface area contributed by atoms with E-state index in [9.17, 15) is 5.11 Å². The maximum atomic E-state index is 10.0. The Hall–Kier alpha value is -0.120. The number of nitrogens with zero attached hydrogens (tertiary/aromatic N) is 1. The smallest absolute Gasteiger partial charge is 0.0632 e. The molecular weight excluding hydrogens is 212 g/mol. The van der Waals surface area contributed by atoms with Crippen molar-refractivity contribution >= 4 is 0 Å². The van der Waals surface area contributed by atoms with Crippen LogP contribution in [0.4, 0.5) is 0 Å². The van der Waals surface area contributed by atoms with Crippen LogP contribution in [0.5, 0.6) is 0 Å². The molecule has 17 heavy (non-hydrogen) atoms. The molecule has 2 unspecified atom stereocenters. The Bertz CT molecular complexity index is 233. The van der Waals surface area contributed by atoms with Gasteiger partial charge in [-0.3, -0.25) is 0 Å². The van der Waals surface area contributed by atoms with Crippen LogP contribution in [-0.2, 0) is 0 Å². The van der Waals surface area contributed by atoms with Crippen molar-refractivity contribution in [1.29, 1.82) is 0 Å². The third-order valence-corrected chi connectivity index (χ3v) is 4.03. The molecular formula is C14H30N2O. The van der Waals surface area contributed by atoms with Crippen molar-refractivity contribution in [1.82, 2.24) is 4.90 Å². The number of hydrogen-bond donors (Lipinski definition) is 2. The average molecular weight is 242 g/mol. The van der Waals surface area contributed by atoms with Crippen molar-refractivity contribution in [2.75, 3.05) is 19.6 Å². The molecule has 0 amide bonds. The average Bonchev–Trinajstić information content (AvgIpc) is 2.34. The zero-order valence-electron chi connectivity index (χ0n) is 12.0. The first-order valence-corrected chi connectivity index (χ1v) is 6.91. The zero-order chi connectivity index (χ0) is 13.1. The second kappa shape index (κ2) is 5.68. The van der Waals surface area contributed by atoms with Gasteiger partial charge in [0.1, 0.15) is 0 Å². The Morgan fingerprint density at radius 1 is 1.29 bits per heavy atom. The van der Waals surface area contributed by atoms with Crippen LogP contribution < -0.4 is 5.73 Å². The van der Waals surface area contributed by atoms with Gasteiger partial charge in [-0.15, -0.1) is 0 Å². The highest BCUT2D eigenvalue weighted by molar-refractivity contribution is 4.82. The molecule has 1 saturated heterocycles. The summed E-state index contributed by atoms with van der Waals surface area (Å²) in [7, 11) is 0. The second-order valence-corrected chi connectivity index (χ2v) is 6.95. The number of likely N-dealkylation sites (tertiary alicyclic amines) is 1. The summed E-state index contributed by atoms with van der Waals surface area (Å²) in [6.45, 7) is 11.7. The molecule has 1 heterocycles. The van der Waals surface area contributed by atoms with Crippen LogP contribution in [0, 0.1) is 5.41 Å². The third-order valence-electron chi connectivity index (χ3n) is 4.03. The zero-order valence-corrected chi connectivity index (χ0v) is 12.0. The summed E-state index contributed by atoms with van der Waals surface area (Å²) in [5, 5.41) is 10.0. The molecule has 0 saturated carbocycles. The minimum atomic E-state index is -0.457. The molecule has 3 heteroatoms. The van der Waals surface area contributed by atoms with Crippen LogP contribution in [0.25, 0.3) is 0 Å². The Kier molecular flexibility index (Phi) is 4.99. The van der Waals surface area contributed by atoms with Crippen LogP contribution in [0.2, 0.25) is 0 Å². The van der Waals surface area contributed by atoms with E-state index in [2.05, 4.69) is 25.7 Å². The fourth-order valence-electron chi connectivity index (χ4n) is 2.30. The molecule has 102 valence electrons. The molecule has 3 nitrogen and oxygen atoms in total. The van der Waals surface area contributed by atoms with E-state index in [0.717, 1.165) is 45.3 Å². The summed E-state index contributed by atoms with van der Waals surface area (Å²) >= 11 is 0. The lowest BCUT2D eigenvalue weighted by molar-refractivity contribution is 0.0445. The van der Waals surface area contributed by atoms with Gasteiger partial charge in [0, 0.05) is 12.6 Å². The molecule has 3 N–H and O–H groups in total. The van der Waals surface area contributed by atoms with E-state index in [4.69, 9.17) is 5.73 Å². The van der Waals surface area contributed by atoms with Crippen LogP contribution in [0.15, 0.2) is 0 Å². The normalized spacial score (nSPS) is 30.0. The van der Waals surface area contributed by atoms with Gasteiger partial charge in [-0.2, -0.15) is 0 Å². The summed E-state index contributed by atoms with van der Waals surface area (Å²) in [5.41, 5.74) is 5.92. The van der Waals surface area contributed by atoms with Crippen molar-refractivity contribution in [2.45, 2.75) is 65.0 Å². The fraction of sp³-hybridized carbons (Fsp3) is 1.00. The van der Waals surface area contributed by atoms with E-state index in [1.165, 1.54) is 0 Å². The van der Waals surface area contributed by atoms with Gasteiger partial charge >= 0.3 is 0 Å². The van der Waals surface area contributed by atoms with E-state index in [1.54, 1.807) is 0 Å². The molecule has 0 aromatic carbocycles. The minimum Gasteiger partial charge on any atom is -0.390 e. The Balaban J connectivity index is 2.33. The van der Waals surface area contributed by atoms with Gasteiger partial charge in [0.15, 0.2) is 0 Å². The van der Waals surface area contributed by atoms with Crippen molar-refractivity contribution in [2.24, 2.45) is 11.1 Å². The fourth-order valence-corrected chi connectivity index (χ4v) is 2.30. The number of nitrogens with two attached hydrogens (primary N) is 1. The summed E-state index contributed by atoms with van der Waals surface area (Å²) in [6.07, 6.45) is 3.95. The van der Waals surface area contributed by atoms with Gasteiger partial charge in [-0.1, -0.05) is 20.8 Å². The first-order chi connectivity index (χ1) is 7.71. The van der Waals surface area contributed by atoms with Crippen molar-refractivity contribution in [3.63, 3.8) is 0 Å². The maximum absolute atomic E-state index is 10.0. The lowest BCUT2D eigenvalue weighted by Gasteiger charge is -2.30. The summed E-state index contributed by atoms with van der Waals surface area (Å²) in [5.74, 6) is 0. The molecule has 1 aliphatic heterocycles. The summed E-state index contributed by atoms with van der Waals surface area (Å²) < 4.78 is 0. The van der Waals surface area contributed by atoms with Crippen LogP contribution in [0.1, 0.15) is 53.4 Å². The first kappa shape index (κ1) is 14.9. The third kappa shape index (κ3) is 5.36. The van der Waals surface area contributed by atoms with Gasteiger partial charge in [0.25, 0.3) is 0 Å². The van der Waals surface area contributed by atoms with E-state index in [1.807, 2.05) is 6.92 Å². The first-order valence-electron chi connectivity index (χ1n) is 6.91. The van der Waals surface area contributed by atoms with E-state index in [-0.39, 0.29) is 11.5 Å². The molecule has 0 spiro atoms. The van der Waals surface area contributed by atoms with Crippen LogP contribution in [0.3, 0.4) is 0 Å². The van der Waals surface area contributed by atoms with Crippen molar-refractivity contribution < 1.29 is 5.11 Å². The molecule has 2 atom stereocenters. The predicted molar refractivity (Wildman–Crippen MR) is 73.0 cm³/mol. The van der Waals surface area contributed by atoms with E-state index >= 15 is 0 Å². The van der Waals surface area contributed by atoms with Gasteiger partial charge in [0.2, 0.25) is 0 Å². The maximum Gasteiger partial charge on any atom is 0.0632 e.